The molecule has 60 valence electrons. The maximum absolute atomic E-state index is 5.57. The molecule has 0 aliphatic carbocycles. The molecule has 0 amide bonds. The molecule has 1 fully saturated rings. The number of fused-ring (bicyclic) bond motifs is 1. The fraction of sp³-hybridized carbons (Fsp3) is 0.200. The number of ether oxygens (including phenoxy) is 1. The first kappa shape index (κ1) is 6.26. The molecule has 0 spiro atoms. The van der Waals surface area contributed by atoms with Gasteiger partial charge in [-0.05, 0) is 12.1 Å². The third kappa shape index (κ3) is 0.850. The van der Waals surface area contributed by atoms with Crippen LogP contribution in [0.5, 0.6) is 0 Å². The summed E-state index contributed by atoms with van der Waals surface area (Å²) in [4.78, 5) is 0. The summed E-state index contributed by atoms with van der Waals surface area (Å²) in [6, 6.07) is 10.1. The molecule has 1 atom stereocenters. The molecule has 3 rings (SSSR count). The number of furan rings is 1. The minimum absolute atomic E-state index is 0.220. The van der Waals surface area contributed by atoms with Crippen LogP contribution in [0.4, 0.5) is 0 Å². The summed E-state index contributed by atoms with van der Waals surface area (Å²) >= 11 is 0. The molecule has 1 saturated heterocycles. The van der Waals surface area contributed by atoms with Crippen molar-refractivity contribution in [1.82, 2.24) is 0 Å². The summed E-state index contributed by atoms with van der Waals surface area (Å²) < 4.78 is 10.7. The molecule has 12 heavy (non-hydrogen) atoms. The van der Waals surface area contributed by atoms with Crippen LogP contribution < -0.4 is 0 Å². The lowest BCUT2D eigenvalue weighted by molar-refractivity contribution is 0.378. The van der Waals surface area contributed by atoms with E-state index >= 15 is 0 Å². The first-order valence-corrected chi connectivity index (χ1v) is 4.03. The molecule has 1 aromatic heterocycles. The number of epoxide rings is 1. The standard InChI is InChI=1S/C10H8O2/c1-2-4-8-7(3-1)5-9(12-8)10-6-11-10/h1-5,10H,6H2/t10-/m0/s1. The Morgan fingerprint density at radius 2 is 2.08 bits per heavy atom. The summed E-state index contributed by atoms with van der Waals surface area (Å²) in [5.41, 5.74) is 0.947. The van der Waals surface area contributed by atoms with E-state index in [1.165, 1.54) is 0 Å². The second-order valence-corrected chi connectivity index (χ2v) is 3.01. The van der Waals surface area contributed by atoms with Gasteiger partial charge in [0.1, 0.15) is 17.4 Å². The van der Waals surface area contributed by atoms with Crippen molar-refractivity contribution < 1.29 is 9.15 Å². The molecule has 0 N–H and O–H groups in total. The molecule has 1 aliphatic rings. The van der Waals surface area contributed by atoms with E-state index in [1.807, 2.05) is 30.3 Å². The topological polar surface area (TPSA) is 25.7 Å². The first-order chi connectivity index (χ1) is 5.93. The van der Waals surface area contributed by atoms with Crippen LogP contribution >= 0.6 is 0 Å². The van der Waals surface area contributed by atoms with Crippen LogP contribution in [0.25, 0.3) is 11.0 Å². The molecule has 1 aromatic carbocycles. The number of hydrogen-bond donors (Lipinski definition) is 0. The third-order valence-corrected chi connectivity index (χ3v) is 2.10. The van der Waals surface area contributed by atoms with Crippen LogP contribution in [0.3, 0.4) is 0 Å². The summed E-state index contributed by atoms with van der Waals surface area (Å²) in [5.74, 6) is 0.955. The first-order valence-electron chi connectivity index (χ1n) is 4.03. The van der Waals surface area contributed by atoms with Gasteiger partial charge in [-0.2, -0.15) is 0 Å². The van der Waals surface area contributed by atoms with Crippen molar-refractivity contribution in [2.45, 2.75) is 6.10 Å². The Bertz CT molecular complexity index is 379. The van der Waals surface area contributed by atoms with Crippen LogP contribution in [0.2, 0.25) is 0 Å². The van der Waals surface area contributed by atoms with Crippen LogP contribution in [-0.4, -0.2) is 6.61 Å². The number of rotatable bonds is 1. The van der Waals surface area contributed by atoms with Crippen LogP contribution in [-0.2, 0) is 4.74 Å². The summed E-state index contributed by atoms with van der Waals surface area (Å²) in [5, 5.41) is 1.16. The van der Waals surface area contributed by atoms with E-state index < -0.39 is 0 Å². The molecule has 0 saturated carbocycles. The zero-order chi connectivity index (χ0) is 7.97. The highest BCUT2D eigenvalue weighted by Crippen LogP contribution is 2.33. The van der Waals surface area contributed by atoms with E-state index in [2.05, 4.69) is 0 Å². The zero-order valence-electron chi connectivity index (χ0n) is 6.49. The van der Waals surface area contributed by atoms with Gasteiger partial charge in [-0.1, -0.05) is 18.2 Å². The minimum Gasteiger partial charge on any atom is -0.458 e. The van der Waals surface area contributed by atoms with Crippen molar-refractivity contribution in [3.8, 4) is 0 Å². The lowest BCUT2D eigenvalue weighted by Crippen LogP contribution is -1.69. The van der Waals surface area contributed by atoms with Crippen molar-refractivity contribution in [3.63, 3.8) is 0 Å². The van der Waals surface area contributed by atoms with Gasteiger partial charge in [-0.15, -0.1) is 0 Å². The van der Waals surface area contributed by atoms with Gasteiger partial charge in [-0.3, -0.25) is 0 Å². The van der Waals surface area contributed by atoms with Gasteiger partial charge >= 0.3 is 0 Å². The second-order valence-electron chi connectivity index (χ2n) is 3.01. The average molecular weight is 160 g/mol. The maximum Gasteiger partial charge on any atom is 0.139 e. The maximum atomic E-state index is 5.57. The largest absolute Gasteiger partial charge is 0.458 e. The van der Waals surface area contributed by atoms with Gasteiger partial charge in [0.25, 0.3) is 0 Å². The van der Waals surface area contributed by atoms with Gasteiger partial charge in [-0.25, -0.2) is 0 Å². The van der Waals surface area contributed by atoms with Crippen molar-refractivity contribution >= 4 is 11.0 Å². The summed E-state index contributed by atoms with van der Waals surface area (Å²) in [6.45, 7) is 0.805. The van der Waals surface area contributed by atoms with E-state index in [-0.39, 0.29) is 6.10 Å². The lowest BCUT2D eigenvalue weighted by atomic mass is 10.2. The fourth-order valence-electron chi connectivity index (χ4n) is 1.37. The Morgan fingerprint density at radius 3 is 2.83 bits per heavy atom. The second kappa shape index (κ2) is 2.11. The molecule has 1 aliphatic heterocycles. The van der Waals surface area contributed by atoms with Crippen LogP contribution in [0.15, 0.2) is 34.7 Å². The molecule has 2 heteroatoms. The van der Waals surface area contributed by atoms with E-state index in [0.29, 0.717) is 0 Å². The molecule has 2 nitrogen and oxygen atoms in total. The SMILES string of the molecule is c1ccc2oc([C@@H]3CO3)cc2c1. The van der Waals surface area contributed by atoms with Crippen molar-refractivity contribution in [2.75, 3.05) is 6.61 Å². The van der Waals surface area contributed by atoms with Crippen LogP contribution in [0.1, 0.15) is 11.9 Å². The number of para-hydroxylation sites is 1. The van der Waals surface area contributed by atoms with E-state index in [1.54, 1.807) is 0 Å². The number of benzene rings is 1. The summed E-state index contributed by atoms with van der Waals surface area (Å²) in [7, 11) is 0. The Hall–Kier alpha value is -1.28. The normalized spacial score (nSPS) is 21.5. The fourth-order valence-corrected chi connectivity index (χ4v) is 1.37. The molecule has 0 radical (unpaired) electrons. The Kier molecular flexibility index (Phi) is 1.10. The molecule has 0 bridgehead atoms. The molecular formula is C10H8O2. The highest BCUT2D eigenvalue weighted by Gasteiger charge is 2.28. The smallest absolute Gasteiger partial charge is 0.139 e. The molecule has 0 unspecified atom stereocenters. The van der Waals surface area contributed by atoms with Crippen LogP contribution in [0, 0.1) is 0 Å². The van der Waals surface area contributed by atoms with E-state index in [9.17, 15) is 0 Å². The van der Waals surface area contributed by atoms with Gasteiger partial charge in [0.05, 0.1) is 6.61 Å². The average Bonchev–Trinajstić information content (AvgIpc) is 2.85. The quantitative estimate of drug-likeness (QED) is 0.599. The van der Waals surface area contributed by atoms with Gasteiger partial charge in [0.15, 0.2) is 0 Å². The molecule has 2 heterocycles. The Balaban J connectivity index is 2.23. The highest BCUT2D eigenvalue weighted by molar-refractivity contribution is 5.77. The van der Waals surface area contributed by atoms with Gasteiger partial charge in [0.2, 0.25) is 0 Å². The highest BCUT2D eigenvalue weighted by atomic mass is 16.6. The molecule has 2 aromatic rings. The third-order valence-electron chi connectivity index (χ3n) is 2.10. The monoisotopic (exact) mass is 160 g/mol. The minimum atomic E-state index is 0.220. The Labute approximate surface area is 69.7 Å². The van der Waals surface area contributed by atoms with Crippen molar-refractivity contribution in [2.24, 2.45) is 0 Å². The van der Waals surface area contributed by atoms with E-state index in [0.717, 1.165) is 23.3 Å². The molecular weight excluding hydrogens is 152 g/mol. The number of hydrogen-bond acceptors (Lipinski definition) is 2. The van der Waals surface area contributed by atoms with Crippen molar-refractivity contribution in [1.29, 1.82) is 0 Å². The van der Waals surface area contributed by atoms with E-state index in [4.69, 9.17) is 9.15 Å². The van der Waals surface area contributed by atoms with Gasteiger partial charge in [0, 0.05) is 5.39 Å². The van der Waals surface area contributed by atoms with Crippen molar-refractivity contribution in [3.05, 3.63) is 36.1 Å². The summed E-state index contributed by atoms with van der Waals surface area (Å²) in [6.07, 6.45) is 0.220. The lowest BCUT2D eigenvalue weighted by Gasteiger charge is -1.83. The van der Waals surface area contributed by atoms with Gasteiger partial charge < -0.3 is 9.15 Å². The predicted octanol–water partition coefficient (Wildman–Crippen LogP) is 2.50. The predicted molar refractivity (Wildman–Crippen MR) is 44.9 cm³/mol. The zero-order valence-corrected chi connectivity index (χ0v) is 6.49. The Morgan fingerprint density at radius 1 is 1.25 bits per heavy atom.